The number of benzene rings is 1. The van der Waals surface area contributed by atoms with E-state index < -0.39 is 0 Å². The standard InChI is InChI=1S/C18H20N2O/c1-3-10-20-18(17-9-6-13(2)21-17)15-8-7-14-5-4-11-19-16(14)12-15/h4-9,11-12,18,20H,3,10H2,1-2H3. The lowest BCUT2D eigenvalue weighted by atomic mass is 10.0. The van der Waals surface area contributed by atoms with Crippen LogP contribution in [0.2, 0.25) is 0 Å². The third-order valence-electron chi connectivity index (χ3n) is 3.61. The normalized spacial score (nSPS) is 12.7. The predicted octanol–water partition coefficient (Wildman–Crippen LogP) is 4.23. The summed E-state index contributed by atoms with van der Waals surface area (Å²) in [5.74, 6) is 1.89. The van der Waals surface area contributed by atoms with Crippen molar-refractivity contribution in [1.82, 2.24) is 10.3 Å². The minimum absolute atomic E-state index is 0.0741. The summed E-state index contributed by atoms with van der Waals surface area (Å²) in [6.07, 6.45) is 2.92. The van der Waals surface area contributed by atoms with Crippen LogP contribution in [-0.2, 0) is 0 Å². The van der Waals surface area contributed by atoms with Gasteiger partial charge in [-0.25, -0.2) is 0 Å². The molecule has 0 aliphatic rings. The van der Waals surface area contributed by atoms with Gasteiger partial charge in [-0.15, -0.1) is 0 Å². The molecule has 0 saturated carbocycles. The number of rotatable bonds is 5. The maximum absolute atomic E-state index is 5.83. The number of nitrogens with zero attached hydrogens (tertiary/aromatic N) is 1. The molecule has 21 heavy (non-hydrogen) atoms. The Kier molecular flexibility index (Phi) is 4.02. The first-order valence-corrected chi connectivity index (χ1v) is 7.42. The van der Waals surface area contributed by atoms with Crippen molar-refractivity contribution in [2.75, 3.05) is 6.54 Å². The predicted molar refractivity (Wildman–Crippen MR) is 85.3 cm³/mol. The molecule has 0 fully saturated rings. The van der Waals surface area contributed by atoms with Crippen LogP contribution in [0.1, 0.15) is 36.5 Å². The van der Waals surface area contributed by atoms with E-state index in [2.05, 4.69) is 41.5 Å². The van der Waals surface area contributed by atoms with E-state index in [1.165, 1.54) is 5.56 Å². The topological polar surface area (TPSA) is 38.1 Å². The second-order valence-electron chi connectivity index (χ2n) is 5.29. The highest BCUT2D eigenvalue weighted by atomic mass is 16.3. The van der Waals surface area contributed by atoms with Crippen molar-refractivity contribution in [3.8, 4) is 0 Å². The van der Waals surface area contributed by atoms with Crippen molar-refractivity contribution < 1.29 is 4.42 Å². The minimum atomic E-state index is 0.0741. The van der Waals surface area contributed by atoms with E-state index in [1.54, 1.807) is 0 Å². The van der Waals surface area contributed by atoms with Crippen LogP contribution in [0.4, 0.5) is 0 Å². The van der Waals surface area contributed by atoms with Gasteiger partial charge in [0.15, 0.2) is 0 Å². The smallest absolute Gasteiger partial charge is 0.125 e. The molecule has 1 N–H and O–H groups in total. The average Bonchev–Trinajstić information content (AvgIpc) is 2.94. The van der Waals surface area contributed by atoms with E-state index in [1.807, 2.05) is 31.3 Å². The van der Waals surface area contributed by atoms with Gasteiger partial charge in [0, 0.05) is 11.6 Å². The fraction of sp³-hybridized carbons (Fsp3) is 0.278. The maximum Gasteiger partial charge on any atom is 0.125 e. The third-order valence-corrected chi connectivity index (χ3v) is 3.61. The van der Waals surface area contributed by atoms with Gasteiger partial charge < -0.3 is 9.73 Å². The van der Waals surface area contributed by atoms with Crippen LogP contribution >= 0.6 is 0 Å². The molecular formula is C18H20N2O. The Hall–Kier alpha value is -2.13. The summed E-state index contributed by atoms with van der Waals surface area (Å²) in [6.45, 7) is 5.09. The number of hydrogen-bond acceptors (Lipinski definition) is 3. The van der Waals surface area contributed by atoms with Crippen LogP contribution in [0.5, 0.6) is 0 Å². The second kappa shape index (κ2) is 6.10. The van der Waals surface area contributed by atoms with Crippen LogP contribution in [0.25, 0.3) is 10.9 Å². The quantitative estimate of drug-likeness (QED) is 0.760. The summed E-state index contributed by atoms with van der Waals surface area (Å²) < 4.78 is 5.83. The van der Waals surface area contributed by atoms with Gasteiger partial charge in [-0.2, -0.15) is 0 Å². The van der Waals surface area contributed by atoms with Crippen LogP contribution in [0.3, 0.4) is 0 Å². The lowest BCUT2D eigenvalue weighted by Crippen LogP contribution is -2.22. The van der Waals surface area contributed by atoms with Gasteiger partial charge in [0.1, 0.15) is 11.5 Å². The fourth-order valence-electron chi connectivity index (χ4n) is 2.54. The van der Waals surface area contributed by atoms with E-state index in [0.29, 0.717) is 0 Å². The molecule has 108 valence electrons. The molecule has 3 rings (SSSR count). The van der Waals surface area contributed by atoms with Gasteiger partial charge in [0.25, 0.3) is 0 Å². The number of hydrogen-bond donors (Lipinski definition) is 1. The monoisotopic (exact) mass is 280 g/mol. The molecule has 1 aromatic carbocycles. The molecule has 0 aliphatic carbocycles. The van der Waals surface area contributed by atoms with Crippen molar-refractivity contribution >= 4 is 10.9 Å². The Bertz CT molecular complexity index is 733. The Morgan fingerprint density at radius 2 is 2.10 bits per heavy atom. The molecule has 3 nitrogen and oxygen atoms in total. The Morgan fingerprint density at radius 3 is 2.86 bits per heavy atom. The van der Waals surface area contributed by atoms with Crippen molar-refractivity contribution in [2.45, 2.75) is 26.3 Å². The molecule has 3 aromatic rings. The summed E-state index contributed by atoms with van der Waals surface area (Å²) in [4.78, 5) is 4.45. The fourth-order valence-corrected chi connectivity index (χ4v) is 2.54. The summed E-state index contributed by atoms with van der Waals surface area (Å²) in [6, 6.07) is 14.6. The zero-order valence-electron chi connectivity index (χ0n) is 12.5. The van der Waals surface area contributed by atoms with Gasteiger partial charge in [0.2, 0.25) is 0 Å². The number of furan rings is 1. The van der Waals surface area contributed by atoms with E-state index in [-0.39, 0.29) is 6.04 Å². The molecule has 0 aliphatic heterocycles. The number of aryl methyl sites for hydroxylation is 1. The molecule has 1 unspecified atom stereocenters. The molecule has 0 radical (unpaired) electrons. The Labute approximate surface area is 125 Å². The van der Waals surface area contributed by atoms with E-state index in [4.69, 9.17) is 4.42 Å². The highest BCUT2D eigenvalue weighted by Crippen LogP contribution is 2.26. The number of pyridine rings is 1. The van der Waals surface area contributed by atoms with Gasteiger partial charge in [0.05, 0.1) is 11.6 Å². The van der Waals surface area contributed by atoms with E-state index in [9.17, 15) is 0 Å². The molecule has 0 bridgehead atoms. The molecule has 3 heteroatoms. The zero-order valence-corrected chi connectivity index (χ0v) is 12.5. The zero-order chi connectivity index (χ0) is 14.7. The van der Waals surface area contributed by atoms with Gasteiger partial charge in [-0.05, 0) is 49.7 Å². The lowest BCUT2D eigenvalue weighted by molar-refractivity contribution is 0.430. The van der Waals surface area contributed by atoms with Gasteiger partial charge >= 0.3 is 0 Å². The number of nitrogens with one attached hydrogen (secondary N) is 1. The van der Waals surface area contributed by atoms with Gasteiger partial charge in [-0.1, -0.05) is 25.1 Å². The van der Waals surface area contributed by atoms with Crippen molar-refractivity contribution in [3.63, 3.8) is 0 Å². The molecular weight excluding hydrogens is 260 g/mol. The first-order chi connectivity index (χ1) is 10.3. The number of fused-ring (bicyclic) bond motifs is 1. The molecule has 2 aromatic heterocycles. The molecule has 1 atom stereocenters. The Balaban J connectivity index is 2.00. The maximum atomic E-state index is 5.83. The highest BCUT2D eigenvalue weighted by Gasteiger charge is 2.17. The molecule has 0 saturated heterocycles. The highest BCUT2D eigenvalue weighted by molar-refractivity contribution is 5.79. The first-order valence-electron chi connectivity index (χ1n) is 7.42. The largest absolute Gasteiger partial charge is 0.464 e. The lowest BCUT2D eigenvalue weighted by Gasteiger charge is -2.17. The molecule has 2 heterocycles. The summed E-state index contributed by atoms with van der Waals surface area (Å²) in [7, 11) is 0. The van der Waals surface area contributed by atoms with Crippen LogP contribution < -0.4 is 5.32 Å². The molecule has 0 spiro atoms. The Morgan fingerprint density at radius 1 is 1.19 bits per heavy atom. The van der Waals surface area contributed by atoms with Crippen molar-refractivity contribution in [1.29, 1.82) is 0 Å². The average molecular weight is 280 g/mol. The van der Waals surface area contributed by atoms with Crippen LogP contribution in [-0.4, -0.2) is 11.5 Å². The van der Waals surface area contributed by atoms with Crippen molar-refractivity contribution in [3.05, 3.63) is 65.7 Å². The van der Waals surface area contributed by atoms with E-state index >= 15 is 0 Å². The van der Waals surface area contributed by atoms with E-state index in [0.717, 1.165) is 35.4 Å². The number of aromatic nitrogens is 1. The second-order valence-corrected chi connectivity index (χ2v) is 5.29. The first kappa shape index (κ1) is 13.8. The summed E-state index contributed by atoms with van der Waals surface area (Å²) in [5.41, 5.74) is 2.20. The van der Waals surface area contributed by atoms with Gasteiger partial charge in [-0.3, -0.25) is 4.98 Å². The molecule has 0 amide bonds. The minimum Gasteiger partial charge on any atom is -0.464 e. The van der Waals surface area contributed by atoms with Crippen LogP contribution in [0, 0.1) is 6.92 Å². The van der Waals surface area contributed by atoms with Crippen LogP contribution in [0.15, 0.2) is 53.1 Å². The van der Waals surface area contributed by atoms with Crippen molar-refractivity contribution in [2.24, 2.45) is 0 Å². The SMILES string of the molecule is CCCNC(c1ccc2cccnc2c1)c1ccc(C)o1. The summed E-state index contributed by atoms with van der Waals surface area (Å²) >= 11 is 0. The summed E-state index contributed by atoms with van der Waals surface area (Å²) in [5, 5.41) is 4.72. The third kappa shape index (κ3) is 2.98.